The number of anilines is 1. The van der Waals surface area contributed by atoms with Gasteiger partial charge < -0.3 is 14.4 Å². The van der Waals surface area contributed by atoms with E-state index in [2.05, 4.69) is 144 Å². The van der Waals surface area contributed by atoms with Gasteiger partial charge in [0, 0.05) is 40.9 Å². The summed E-state index contributed by atoms with van der Waals surface area (Å²) in [4.78, 5) is 2.38. The summed E-state index contributed by atoms with van der Waals surface area (Å²) in [6.45, 7) is 3.23. The Morgan fingerprint density at radius 3 is 1.98 bits per heavy atom. The molecule has 258 valence electrons. The molecule has 1 unspecified atom stereocenters. The van der Waals surface area contributed by atoms with E-state index in [1.54, 1.807) is 12.1 Å². The maximum Gasteiger partial charge on any atom is 0.178 e. The predicted molar refractivity (Wildman–Crippen MR) is 216 cm³/mol. The molecule has 8 aromatic rings. The van der Waals surface area contributed by atoms with E-state index in [1.807, 2.05) is 6.07 Å². The number of fused-ring (bicyclic) bond motifs is 12. The van der Waals surface area contributed by atoms with Crippen LogP contribution in [-0.4, -0.2) is 26.3 Å². The summed E-state index contributed by atoms with van der Waals surface area (Å²) in [6.07, 6.45) is 4.56. The average Bonchev–Trinajstić information content (AvgIpc) is 3.71. The van der Waals surface area contributed by atoms with Gasteiger partial charge in [-0.25, -0.2) is 4.39 Å². The van der Waals surface area contributed by atoms with Crippen LogP contribution < -0.4 is 9.64 Å². The van der Waals surface area contributed by atoms with Crippen molar-refractivity contribution in [3.8, 4) is 16.9 Å². The molecule has 1 saturated heterocycles. The Hall–Kier alpha value is -6.23. The van der Waals surface area contributed by atoms with Crippen molar-refractivity contribution in [1.29, 1.82) is 0 Å². The molecule has 1 atom stereocenters. The van der Waals surface area contributed by atoms with E-state index in [-0.39, 0.29) is 5.82 Å². The van der Waals surface area contributed by atoms with E-state index in [4.69, 9.17) is 9.47 Å². The maximum absolute atomic E-state index is 15.8. The Bertz CT molecular complexity index is 2850. The summed E-state index contributed by atoms with van der Waals surface area (Å²) < 4.78 is 29.1. The molecule has 2 aliphatic heterocycles. The minimum Gasteiger partial charge on any atom is -0.472 e. The van der Waals surface area contributed by atoms with Gasteiger partial charge in [0.15, 0.2) is 5.60 Å². The topological polar surface area (TPSA) is 21.7 Å². The molecule has 4 aliphatic rings. The van der Waals surface area contributed by atoms with Crippen LogP contribution in [0.1, 0.15) is 38.9 Å². The predicted octanol–water partition coefficient (Wildman–Crippen LogP) is 11.1. The number of hydrogen-bond donors (Lipinski definition) is 0. The van der Waals surface area contributed by atoms with E-state index in [0.717, 1.165) is 81.8 Å². The zero-order valence-corrected chi connectivity index (χ0v) is 29.5. The molecule has 0 radical (unpaired) electrons. The second-order valence-electron chi connectivity index (χ2n) is 15.0. The van der Waals surface area contributed by atoms with E-state index in [0.29, 0.717) is 0 Å². The second-order valence-corrected chi connectivity index (χ2v) is 15.0. The number of morpholine rings is 1. The second kappa shape index (κ2) is 10.9. The van der Waals surface area contributed by atoms with Crippen molar-refractivity contribution < 1.29 is 13.9 Å². The number of benzene rings is 8. The lowest BCUT2D eigenvalue weighted by Crippen LogP contribution is -2.37. The van der Waals surface area contributed by atoms with Crippen molar-refractivity contribution >= 4 is 44.1 Å². The van der Waals surface area contributed by atoms with Crippen LogP contribution in [0.4, 0.5) is 10.1 Å². The highest BCUT2D eigenvalue weighted by atomic mass is 19.1. The van der Waals surface area contributed by atoms with Crippen LogP contribution in [-0.2, 0) is 15.8 Å². The van der Waals surface area contributed by atoms with Crippen LogP contribution >= 0.6 is 0 Å². The molecule has 3 nitrogen and oxygen atoms in total. The van der Waals surface area contributed by atoms with Gasteiger partial charge in [-0.2, -0.15) is 0 Å². The Kier molecular flexibility index (Phi) is 6.11. The first-order chi connectivity index (χ1) is 26.7. The first-order valence-electron chi connectivity index (χ1n) is 18.9. The van der Waals surface area contributed by atoms with Crippen molar-refractivity contribution in [3.63, 3.8) is 0 Å². The fourth-order valence-electron chi connectivity index (χ4n) is 10.3. The molecule has 0 saturated carbocycles. The minimum absolute atomic E-state index is 0.232. The molecule has 54 heavy (non-hydrogen) atoms. The van der Waals surface area contributed by atoms with Gasteiger partial charge >= 0.3 is 0 Å². The Morgan fingerprint density at radius 2 is 1.26 bits per heavy atom. The third kappa shape index (κ3) is 3.78. The third-order valence-corrected chi connectivity index (χ3v) is 12.6. The molecule has 12 rings (SSSR count). The van der Waals surface area contributed by atoms with Crippen molar-refractivity contribution in [1.82, 2.24) is 0 Å². The quantitative estimate of drug-likeness (QED) is 0.171. The van der Waals surface area contributed by atoms with Gasteiger partial charge in [-0.3, -0.25) is 0 Å². The van der Waals surface area contributed by atoms with E-state index in [9.17, 15) is 0 Å². The summed E-state index contributed by atoms with van der Waals surface area (Å²) in [5.74, 6) is 0.612. The molecule has 0 amide bonds. The third-order valence-electron chi connectivity index (χ3n) is 12.6. The van der Waals surface area contributed by atoms with Crippen molar-refractivity contribution in [3.05, 3.63) is 196 Å². The van der Waals surface area contributed by atoms with Crippen LogP contribution in [0.25, 0.3) is 49.5 Å². The number of halogens is 1. The number of rotatable bonds is 3. The zero-order chi connectivity index (χ0) is 35.6. The standard InChI is InChI=1S/C50H34FNO2/c51-35-20-23-39-43(30-35)50(41-14-6-8-31-16-17-32-9-7-15-42(50)45(32)44(31)41)47-40-24-25-49(33-10-2-1-3-11-33,54-48(40)38-13-5-4-12-37(38)46(39)47)34-18-21-36(22-19-34)52-26-28-53-29-27-52/h1-25,30H,26-29H2. The molecule has 4 heteroatoms. The minimum atomic E-state index is -0.891. The molecule has 0 bridgehead atoms. The van der Waals surface area contributed by atoms with Crippen LogP contribution in [0, 0.1) is 5.82 Å². The monoisotopic (exact) mass is 699 g/mol. The van der Waals surface area contributed by atoms with E-state index < -0.39 is 11.0 Å². The van der Waals surface area contributed by atoms with Crippen LogP contribution in [0.15, 0.2) is 152 Å². The molecule has 0 N–H and O–H groups in total. The zero-order valence-electron chi connectivity index (χ0n) is 29.5. The Balaban J connectivity index is 1.17. The van der Waals surface area contributed by atoms with Gasteiger partial charge in [0.05, 0.1) is 18.6 Å². The maximum atomic E-state index is 15.8. The van der Waals surface area contributed by atoms with Gasteiger partial charge in [0.25, 0.3) is 0 Å². The first kappa shape index (κ1) is 30.3. The lowest BCUT2D eigenvalue weighted by atomic mass is 9.68. The molecular formula is C50H34FNO2. The summed E-state index contributed by atoms with van der Waals surface area (Å²) in [6, 6.07) is 51.2. The lowest BCUT2D eigenvalue weighted by molar-refractivity contribution is 0.122. The molecule has 1 fully saturated rings. The van der Waals surface area contributed by atoms with Crippen LogP contribution in [0.2, 0.25) is 0 Å². The molecule has 0 aromatic heterocycles. The highest BCUT2D eigenvalue weighted by molar-refractivity contribution is 6.19. The van der Waals surface area contributed by atoms with Gasteiger partial charge in [-0.1, -0.05) is 127 Å². The van der Waals surface area contributed by atoms with Crippen LogP contribution in [0.5, 0.6) is 5.75 Å². The summed E-state index contributed by atoms with van der Waals surface area (Å²) in [5.41, 5.74) is 9.46. The molecule has 2 aliphatic carbocycles. The fourth-order valence-corrected chi connectivity index (χ4v) is 10.3. The largest absolute Gasteiger partial charge is 0.472 e. The first-order valence-corrected chi connectivity index (χ1v) is 18.9. The normalized spacial score (nSPS) is 18.7. The SMILES string of the molecule is Fc1ccc2c(c1)C1(c3c4c(c5ccccc5c3-2)OC(c2ccccc2)(c2ccc(N3CCOCC3)cc2)C=C4)c2cccc3ccc4cccc1c4c23. The fraction of sp³-hybridized carbons (Fsp3) is 0.120. The van der Waals surface area contributed by atoms with Crippen LogP contribution in [0.3, 0.4) is 0 Å². The molecule has 2 heterocycles. The van der Waals surface area contributed by atoms with Crippen molar-refractivity contribution in [2.45, 2.75) is 11.0 Å². The highest BCUT2D eigenvalue weighted by Crippen LogP contribution is 2.66. The van der Waals surface area contributed by atoms with Gasteiger partial charge in [0.1, 0.15) is 11.6 Å². The van der Waals surface area contributed by atoms with Gasteiger partial charge in [-0.15, -0.1) is 0 Å². The van der Waals surface area contributed by atoms with Gasteiger partial charge in [0.2, 0.25) is 0 Å². The number of ether oxygens (including phenoxy) is 2. The van der Waals surface area contributed by atoms with Crippen molar-refractivity contribution in [2.24, 2.45) is 0 Å². The van der Waals surface area contributed by atoms with Crippen molar-refractivity contribution in [2.75, 3.05) is 31.2 Å². The Morgan fingerprint density at radius 1 is 0.593 bits per heavy atom. The van der Waals surface area contributed by atoms with E-state index >= 15 is 4.39 Å². The summed E-state index contributed by atoms with van der Waals surface area (Å²) in [5, 5.41) is 7.03. The number of hydrogen-bond acceptors (Lipinski definition) is 3. The smallest absolute Gasteiger partial charge is 0.178 e. The lowest BCUT2D eigenvalue weighted by Gasteiger charge is -2.39. The highest BCUT2D eigenvalue weighted by Gasteiger charge is 2.54. The summed E-state index contributed by atoms with van der Waals surface area (Å²) in [7, 11) is 0. The molecule has 8 aromatic carbocycles. The van der Waals surface area contributed by atoms with Gasteiger partial charge in [-0.05, 0) is 90.7 Å². The van der Waals surface area contributed by atoms with E-state index in [1.165, 1.54) is 38.4 Å². The molecule has 1 spiro atoms. The summed E-state index contributed by atoms with van der Waals surface area (Å²) >= 11 is 0. The molecular weight excluding hydrogens is 666 g/mol. The number of nitrogens with zero attached hydrogens (tertiary/aromatic N) is 1. The average molecular weight is 700 g/mol. The Labute approximate surface area is 312 Å².